The van der Waals surface area contributed by atoms with E-state index in [1.807, 2.05) is 0 Å². The molecule has 86 valence electrons. The standard InChI is InChI=1S/C10H12N2O4/c1-6(13)8(10(15)16)12-9(14)7-4-2-3-5-11-7/h2-6,8,13H,1H3,(H,12,14)(H,15,16). The molecule has 0 aliphatic rings. The van der Waals surface area contributed by atoms with Crippen LogP contribution >= 0.6 is 0 Å². The van der Waals surface area contributed by atoms with Gasteiger partial charge in [0.05, 0.1) is 6.10 Å². The van der Waals surface area contributed by atoms with Gasteiger partial charge < -0.3 is 15.5 Å². The Morgan fingerprint density at radius 1 is 1.44 bits per heavy atom. The lowest BCUT2D eigenvalue weighted by molar-refractivity contribution is -0.141. The minimum atomic E-state index is -1.34. The summed E-state index contributed by atoms with van der Waals surface area (Å²) in [4.78, 5) is 26.0. The Morgan fingerprint density at radius 3 is 2.56 bits per heavy atom. The molecule has 0 spiro atoms. The first-order valence-corrected chi connectivity index (χ1v) is 4.65. The van der Waals surface area contributed by atoms with Gasteiger partial charge in [-0.05, 0) is 19.1 Å². The van der Waals surface area contributed by atoms with E-state index in [-0.39, 0.29) is 5.69 Å². The lowest BCUT2D eigenvalue weighted by Crippen LogP contribution is -2.47. The maximum Gasteiger partial charge on any atom is 0.328 e. The number of hydrogen-bond acceptors (Lipinski definition) is 4. The predicted octanol–water partition coefficient (Wildman–Crippen LogP) is -0.355. The molecule has 2 unspecified atom stereocenters. The Morgan fingerprint density at radius 2 is 2.12 bits per heavy atom. The summed E-state index contributed by atoms with van der Waals surface area (Å²) < 4.78 is 0. The van der Waals surface area contributed by atoms with Crippen LogP contribution in [0.4, 0.5) is 0 Å². The van der Waals surface area contributed by atoms with E-state index < -0.39 is 24.0 Å². The van der Waals surface area contributed by atoms with Gasteiger partial charge in [0.15, 0.2) is 6.04 Å². The summed E-state index contributed by atoms with van der Waals surface area (Å²) in [5.74, 6) is -1.92. The lowest BCUT2D eigenvalue weighted by atomic mass is 10.2. The molecule has 6 nitrogen and oxygen atoms in total. The number of carbonyl (C=O) groups excluding carboxylic acids is 1. The third-order valence-corrected chi connectivity index (χ3v) is 1.93. The van der Waals surface area contributed by atoms with Crippen molar-refractivity contribution in [3.05, 3.63) is 30.1 Å². The van der Waals surface area contributed by atoms with E-state index in [0.29, 0.717) is 0 Å². The number of pyridine rings is 1. The molecule has 0 saturated carbocycles. The van der Waals surface area contributed by atoms with Gasteiger partial charge in [0.25, 0.3) is 5.91 Å². The summed E-state index contributed by atoms with van der Waals surface area (Å²) in [5, 5.41) is 20.1. The highest BCUT2D eigenvalue weighted by Crippen LogP contribution is 1.98. The van der Waals surface area contributed by atoms with Crippen molar-refractivity contribution in [2.45, 2.75) is 19.1 Å². The van der Waals surface area contributed by atoms with Gasteiger partial charge in [0.2, 0.25) is 0 Å². The first-order chi connectivity index (χ1) is 7.52. The topological polar surface area (TPSA) is 99.5 Å². The highest BCUT2D eigenvalue weighted by Gasteiger charge is 2.25. The summed E-state index contributed by atoms with van der Waals surface area (Å²) >= 11 is 0. The Kier molecular flexibility index (Phi) is 3.96. The van der Waals surface area contributed by atoms with Crippen LogP contribution in [-0.4, -0.2) is 39.2 Å². The van der Waals surface area contributed by atoms with Crippen LogP contribution in [-0.2, 0) is 4.79 Å². The number of aliphatic carboxylic acids is 1. The van der Waals surface area contributed by atoms with Crippen molar-refractivity contribution in [1.82, 2.24) is 10.3 Å². The fraction of sp³-hybridized carbons (Fsp3) is 0.300. The van der Waals surface area contributed by atoms with Gasteiger partial charge in [-0.3, -0.25) is 9.78 Å². The molecule has 2 atom stereocenters. The molecular weight excluding hydrogens is 212 g/mol. The Labute approximate surface area is 91.9 Å². The molecule has 16 heavy (non-hydrogen) atoms. The van der Waals surface area contributed by atoms with Gasteiger partial charge in [0.1, 0.15) is 5.69 Å². The monoisotopic (exact) mass is 224 g/mol. The zero-order valence-electron chi connectivity index (χ0n) is 8.62. The largest absolute Gasteiger partial charge is 0.480 e. The number of rotatable bonds is 4. The molecule has 0 fully saturated rings. The molecule has 0 radical (unpaired) electrons. The molecule has 1 heterocycles. The van der Waals surface area contributed by atoms with Crippen molar-refractivity contribution in [2.24, 2.45) is 0 Å². The first kappa shape index (κ1) is 12.1. The number of nitrogens with zero attached hydrogens (tertiary/aromatic N) is 1. The third-order valence-electron chi connectivity index (χ3n) is 1.93. The number of carboxylic acid groups (broad SMARTS) is 1. The molecule has 0 bridgehead atoms. The van der Waals surface area contributed by atoms with Gasteiger partial charge in [-0.1, -0.05) is 6.07 Å². The smallest absolute Gasteiger partial charge is 0.328 e. The van der Waals surface area contributed by atoms with E-state index in [1.165, 1.54) is 19.2 Å². The van der Waals surface area contributed by atoms with E-state index >= 15 is 0 Å². The Balaban J connectivity index is 2.74. The lowest BCUT2D eigenvalue weighted by Gasteiger charge is -2.16. The molecule has 0 aromatic carbocycles. The zero-order valence-corrected chi connectivity index (χ0v) is 8.62. The normalized spacial score (nSPS) is 13.9. The number of aliphatic hydroxyl groups excluding tert-OH is 1. The van der Waals surface area contributed by atoms with E-state index in [4.69, 9.17) is 10.2 Å². The minimum absolute atomic E-state index is 0.106. The SMILES string of the molecule is CC(O)C(NC(=O)c1ccccn1)C(=O)O. The second-order valence-corrected chi connectivity index (χ2v) is 3.24. The van der Waals surface area contributed by atoms with Gasteiger partial charge in [-0.25, -0.2) is 4.79 Å². The second-order valence-electron chi connectivity index (χ2n) is 3.24. The molecule has 6 heteroatoms. The third kappa shape index (κ3) is 3.03. The van der Waals surface area contributed by atoms with E-state index in [9.17, 15) is 9.59 Å². The molecule has 0 aliphatic heterocycles. The van der Waals surface area contributed by atoms with Crippen LogP contribution in [0.15, 0.2) is 24.4 Å². The number of nitrogens with one attached hydrogen (secondary N) is 1. The van der Waals surface area contributed by atoms with Crippen molar-refractivity contribution in [3.8, 4) is 0 Å². The molecule has 1 aromatic heterocycles. The van der Waals surface area contributed by atoms with Crippen molar-refractivity contribution < 1.29 is 19.8 Å². The van der Waals surface area contributed by atoms with Crippen LogP contribution in [0.2, 0.25) is 0 Å². The number of aliphatic hydroxyl groups is 1. The Bertz CT molecular complexity index is 378. The van der Waals surface area contributed by atoms with Crippen LogP contribution in [0.1, 0.15) is 17.4 Å². The maximum absolute atomic E-state index is 11.5. The molecular formula is C10H12N2O4. The van der Waals surface area contributed by atoms with E-state index in [2.05, 4.69) is 10.3 Å². The summed E-state index contributed by atoms with van der Waals surface area (Å²) in [6.45, 7) is 1.29. The summed E-state index contributed by atoms with van der Waals surface area (Å²) in [6, 6.07) is 3.37. The average molecular weight is 224 g/mol. The highest BCUT2D eigenvalue weighted by atomic mass is 16.4. The quantitative estimate of drug-likeness (QED) is 0.649. The van der Waals surface area contributed by atoms with Crippen molar-refractivity contribution in [2.75, 3.05) is 0 Å². The van der Waals surface area contributed by atoms with Crippen molar-refractivity contribution in [1.29, 1.82) is 0 Å². The summed E-state index contributed by atoms with van der Waals surface area (Å²) in [6.07, 6.45) is 0.248. The fourth-order valence-electron chi connectivity index (χ4n) is 1.10. The minimum Gasteiger partial charge on any atom is -0.480 e. The van der Waals surface area contributed by atoms with Crippen LogP contribution in [0, 0.1) is 0 Å². The van der Waals surface area contributed by atoms with Gasteiger partial charge in [-0.2, -0.15) is 0 Å². The highest BCUT2D eigenvalue weighted by molar-refractivity contribution is 5.95. The number of amides is 1. The van der Waals surface area contributed by atoms with E-state index in [1.54, 1.807) is 12.1 Å². The molecule has 1 rings (SSSR count). The molecule has 0 saturated heterocycles. The number of carboxylic acids is 1. The average Bonchev–Trinajstić information content (AvgIpc) is 2.25. The Hall–Kier alpha value is -1.95. The molecule has 1 amide bonds. The summed E-state index contributed by atoms with van der Waals surface area (Å²) in [7, 11) is 0. The van der Waals surface area contributed by atoms with Crippen LogP contribution in [0.5, 0.6) is 0 Å². The van der Waals surface area contributed by atoms with Crippen LogP contribution in [0.3, 0.4) is 0 Å². The first-order valence-electron chi connectivity index (χ1n) is 4.65. The number of aromatic nitrogens is 1. The van der Waals surface area contributed by atoms with Gasteiger partial charge in [-0.15, -0.1) is 0 Å². The number of carbonyl (C=O) groups is 2. The molecule has 3 N–H and O–H groups in total. The molecule has 0 aliphatic carbocycles. The van der Waals surface area contributed by atoms with Crippen LogP contribution in [0.25, 0.3) is 0 Å². The molecule has 1 aromatic rings. The van der Waals surface area contributed by atoms with E-state index in [0.717, 1.165) is 0 Å². The van der Waals surface area contributed by atoms with Gasteiger partial charge in [0, 0.05) is 6.20 Å². The van der Waals surface area contributed by atoms with Gasteiger partial charge >= 0.3 is 5.97 Å². The van der Waals surface area contributed by atoms with Crippen LogP contribution < -0.4 is 5.32 Å². The predicted molar refractivity (Wildman–Crippen MR) is 54.8 cm³/mol. The maximum atomic E-state index is 11.5. The van der Waals surface area contributed by atoms with Crippen molar-refractivity contribution >= 4 is 11.9 Å². The number of hydrogen-bond donors (Lipinski definition) is 3. The summed E-state index contributed by atoms with van der Waals surface area (Å²) in [5.41, 5.74) is 0.106. The zero-order chi connectivity index (χ0) is 12.1. The second kappa shape index (κ2) is 5.22. The fourth-order valence-corrected chi connectivity index (χ4v) is 1.10. The van der Waals surface area contributed by atoms with Crippen molar-refractivity contribution in [3.63, 3.8) is 0 Å².